The van der Waals surface area contributed by atoms with E-state index >= 15 is 0 Å². The molecular weight excluding hydrogens is 366 g/mol. The summed E-state index contributed by atoms with van der Waals surface area (Å²) >= 11 is 7.62. The number of amides is 2. The van der Waals surface area contributed by atoms with Crippen LogP contribution in [0, 0.1) is 0 Å². The summed E-state index contributed by atoms with van der Waals surface area (Å²) in [6, 6.07) is 12.2. The van der Waals surface area contributed by atoms with Gasteiger partial charge in [-0.05, 0) is 42.7 Å². The fourth-order valence-electron chi connectivity index (χ4n) is 3.10. The van der Waals surface area contributed by atoms with Crippen molar-refractivity contribution >= 4 is 34.7 Å². The lowest BCUT2D eigenvalue weighted by molar-refractivity contribution is 0.143. The maximum atomic E-state index is 12.5. The van der Waals surface area contributed by atoms with E-state index in [1.165, 1.54) is 23.3 Å². The molecule has 3 rings (SSSR count). The number of piperazine rings is 1. The van der Waals surface area contributed by atoms with E-state index in [2.05, 4.69) is 35.3 Å². The van der Waals surface area contributed by atoms with Crippen molar-refractivity contribution in [2.24, 2.45) is 0 Å². The number of unbranched alkanes of at least 4 members (excludes halogenated alkanes) is 1. The third-order valence-corrected chi connectivity index (χ3v) is 5.91. The van der Waals surface area contributed by atoms with Gasteiger partial charge in [-0.2, -0.15) is 0 Å². The van der Waals surface area contributed by atoms with Crippen molar-refractivity contribution < 1.29 is 4.79 Å². The SMILES string of the molecule is CCCCc1ccc(NC(=O)N2CCN(Cc3ccc(Cl)s3)CC2)cc1. The van der Waals surface area contributed by atoms with Gasteiger partial charge in [0.2, 0.25) is 0 Å². The zero-order chi connectivity index (χ0) is 18.4. The van der Waals surface area contributed by atoms with E-state index in [0.29, 0.717) is 0 Å². The molecule has 0 atom stereocenters. The summed E-state index contributed by atoms with van der Waals surface area (Å²) < 4.78 is 0.832. The van der Waals surface area contributed by atoms with E-state index in [1.807, 2.05) is 23.1 Å². The molecule has 0 aliphatic carbocycles. The number of benzene rings is 1. The first-order chi connectivity index (χ1) is 12.6. The van der Waals surface area contributed by atoms with E-state index in [4.69, 9.17) is 11.6 Å². The minimum absolute atomic E-state index is 0.00914. The fraction of sp³-hybridized carbons (Fsp3) is 0.450. The van der Waals surface area contributed by atoms with Crippen molar-refractivity contribution in [2.75, 3.05) is 31.5 Å². The number of aryl methyl sites for hydroxylation is 1. The molecule has 1 saturated heterocycles. The van der Waals surface area contributed by atoms with E-state index in [0.717, 1.165) is 49.2 Å². The minimum atomic E-state index is -0.00914. The zero-order valence-corrected chi connectivity index (χ0v) is 16.8. The number of anilines is 1. The molecule has 4 nitrogen and oxygen atoms in total. The minimum Gasteiger partial charge on any atom is -0.322 e. The Morgan fingerprint density at radius 1 is 1.12 bits per heavy atom. The second-order valence-corrected chi connectivity index (χ2v) is 8.50. The van der Waals surface area contributed by atoms with E-state index in [1.54, 1.807) is 11.3 Å². The van der Waals surface area contributed by atoms with Gasteiger partial charge in [0.1, 0.15) is 0 Å². The second kappa shape index (κ2) is 9.40. The molecule has 1 fully saturated rings. The van der Waals surface area contributed by atoms with Crippen molar-refractivity contribution in [3.8, 4) is 0 Å². The third-order valence-electron chi connectivity index (χ3n) is 4.69. The molecule has 2 amide bonds. The van der Waals surface area contributed by atoms with Crippen molar-refractivity contribution in [1.29, 1.82) is 0 Å². The first-order valence-electron chi connectivity index (χ1n) is 9.25. The Bertz CT molecular complexity index is 708. The normalized spacial score (nSPS) is 15.2. The highest BCUT2D eigenvalue weighted by atomic mass is 35.5. The van der Waals surface area contributed by atoms with Gasteiger partial charge in [-0.1, -0.05) is 37.1 Å². The molecule has 26 heavy (non-hydrogen) atoms. The van der Waals surface area contributed by atoms with Gasteiger partial charge in [-0.3, -0.25) is 4.90 Å². The Morgan fingerprint density at radius 3 is 2.46 bits per heavy atom. The molecular formula is C20H26ClN3OS. The lowest BCUT2D eigenvalue weighted by Crippen LogP contribution is -2.49. The number of halogens is 1. The Kier molecular flexibility index (Phi) is 6.94. The molecule has 1 aromatic heterocycles. The fourth-order valence-corrected chi connectivity index (χ4v) is 4.23. The summed E-state index contributed by atoms with van der Waals surface area (Å²) in [5.41, 5.74) is 2.19. The maximum absolute atomic E-state index is 12.5. The van der Waals surface area contributed by atoms with Crippen molar-refractivity contribution in [3.63, 3.8) is 0 Å². The van der Waals surface area contributed by atoms with Crippen LogP contribution in [0.2, 0.25) is 4.34 Å². The van der Waals surface area contributed by atoms with Crippen molar-refractivity contribution in [2.45, 2.75) is 32.7 Å². The lowest BCUT2D eigenvalue weighted by atomic mass is 10.1. The van der Waals surface area contributed by atoms with Crippen LogP contribution in [-0.2, 0) is 13.0 Å². The van der Waals surface area contributed by atoms with Crippen LogP contribution in [0.4, 0.5) is 10.5 Å². The van der Waals surface area contributed by atoms with Gasteiger partial charge in [0.25, 0.3) is 0 Å². The van der Waals surface area contributed by atoms with Gasteiger partial charge in [-0.25, -0.2) is 4.79 Å². The summed E-state index contributed by atoms with van der Waals surface area (Å²) in [6.45, 7) is 6.38. The number of nitrogens with zero attached hydrogens (tertiary/aromatic N) is 2. The van der Waals surface area contributed by atoms with E-state index in [-0.39, 0.29) is 6.03 Å². The summed E-state index contributed by atoms with van der Waals surface area (Å²) in [7, 11) is 0. The molecule has 2 aromatic rings. The quantitative estimate of drug-likeness (QED) is 0.744. The average molecular weight is 392 g/mol. The Balaban J connectivity index is 1.44. The maximum Gasteiger partial charge on any atom is 0.321 e. The van der Waals surface area contributed by atoms with Crippen LogP contribution in [0.5, 0.6) is 0 Å². The summed E-state index contributed by atoms with van der Waals surface area (Å²) in [6.07, 6.45) is 3.50. The summed E-state index contributed by atoms with van der Waals surface area (Å²) in [5, 5.41) is 3.02. The van der Waals surface area contributed by atoms with Crippen LogP contribution in [0.25, 0.3) is 0 Å². The van der Waals surface area contributed by atoms with Crippen molar-refractivity contribution in [3.05, 3.63) is 51.2 Å². The Hall–Kier alpha value is -1.56. The number of rotatable bonds is 6. The number of carbonyl (C=O) groups is 1. The first kappa shape index (κ1) is 19.2. The van der Waals surface area contributed by atoms with Gasteiger partial charge in [-0.15, -0.1) is 11.3 Å². The Morgan fingerprint density at radius 2 is 1.85 bits per heavy atom. The highest BCUT2D eigenvalue weighted by Crippen LogP contribution is 2.23. The zero-order valence-electron chi connectivity index (χ0n) is 15.2. The monoisotopic (exact) mass is 391 g/mol. The lowest BCUT2D eigenvalue weighted by Gasteiger charge is -2.34. The van der Waals surface area contributed by atoms with Gasteiger partial charge >= 0.3 is 6.03 Å². The van der Waals surface area contributed by atoms with Crippen molar-refractivity contribution in [1.82, 2.24) is 9.80 Å². The highest BCUT2D eigenvalue weighted by Gasteiger charge is 2.21. The van der Waals surface area contributed by atoms with Crippen LogP contribution in [0.1, 0.15) is 30.2 Å². The molecule has 1 aliphatic heterocycles. The van der Waals surface area contributed by atoms with E-state index < -0.39 is 0 Å². The first-order valence-corrected chi connectivity index (χ1v) is 10.4. The molecule has 2 heterocycles. The molecule has 0 spiro atoms. The predicted molar refractivity (Wildman–Crippen MR) is 110 cm³/mol. The topological polar surface area (TPSA) is 35.6 Å². The summed E-state index contributed by atoms with van der Waals surface area (Å²) in [4.78, 5) is 18.0. The molecule has 0 saturated carbocycles. The molecule has 0 bridgehead atoms. The smallest absolute Gasteiger partial charge is 0.321 e. The van der Waals surface area contributed by atoms with Crippen LogP contribution < -0.4 is 5.32 Å². The van der Waals surface area contributed by atoms with Gasteiger partial charge < -0.3 is 10.2 Å². The molecule has 6 heteroatoms. The Labute approximate surface area is 164 Å². The number of nitrogens with one attached hydrogen (secondary N) is 1. The van der Waals surface area contributed by atoms with Gasteiger partial charge in [0.05, 0.1) is 4.34 Å². The largest absolute Gasteiger partial charge is 0.322 e. The molecule has 1 N–H and O–H groups in total. The third kappa shape index (κ3) is 5.47. The molecule has 1 aromatic carbocycles. The second-order valence-electron chi connectivity index (χ2n) is 6.70. The molecule has 1 aliphatic rings. The predicted octanol–water partition coefficient (Wildman–Crippen LogP) is 5.09. The van der Waals surface area contributed by atoms with Gasteiger partial charge in [0, 0.05) is 43.3 Å². The number of hydrogen-bond acceptors (Lipinski definition) is 3. The number of urea groups is 1. The summed E-state index contributed by atoms with van der Waals surface area (Å²) in [5.74, 6) is 0. The number of hydrogen-bond donors (Lipinski definition) is 1. The van der Waals surface area contributed by atoms with Crippen LogP contribution in [0.15, 0.2) is 36.4 Å². The number of thiophene rings is 1. The van der Waals surface area contributed by atoms with E-state index in [9.17, 15) is 4.79 Å². The number of carbonyl (C=O) groups excluding carboxylic acids is 1. The molecule has 0 unspecified atom stereocenters. The van der Waals surface area contributed by atoms with Crippen LogP contribution >= 0.6 is 22.9 Å². The standard InChI is InChI=1S/C20H26ClN3OS/c1-2-3-4-16-5-7-17(8-6-16)22-20(25)24-13-11-23(12-14-24)15-18-9-10-19(21)26-18/h5-10H,2-4,11-15H2,1H3,(H,22,25). The highest BCUT2D eigenvalue weighted by molar-refractivity contribution is 7.16. The van der Waals surface area contributed by atoms with Crippen LogP contribution in [0.3, 0.4) is 0 Å². The molecule has 0 radical (unpaired) electrons. The van der Waals surface area contributed by atoms with Crippen LogP contribution in [-0.4, -0.2) is 42.0 Å². The molecule has 140 valence electrons. The van der Waals surface area contributed by atoms with Gasteiger partial charge in [0.15, 0.2) is 0 Å². The average Bonchev–Trinajstić information content (AvgIpc) is 3.06.